The van der Waals surface area contributed by atoms with Gasteiger partial charge in [0.25, 0.3) is 5.91 Å². The molecule has 0 aliphatic heterocycles. The summed E-state index contributed by atoms with van der Waals surface area (Å²) in [6, 6.07) is 3.19. The van der Waals surface area contributed by atoms with Gasteiger partial charge in [0, 0.05) is 19.0 Å². The van der Waals surface area contributed by atoms with E-state index in [2.05, 4.69) is 4.98 Å². The number of aromatic nitrogens is 1. The Morgan fingerprint density at radius 1 is 1.42 bits per heavy atom. The number of amides is 1. The third kappa shape index (κ3) is 3.89. The van der Waals surface area contributed by atoms with Crippen LogP contribution in [0.1, 0.15) is 23.0 Å². The molecule has 0 unspecified atom stereocenters. The van der Waals surface area contributed by atoms with Crippen molar-refractivity contribution in [1.82, 2.24) is 9.88 Å². The molecule has 1 aromatic rings. The maximum Gasteiger partial charge on any atom is 0.255 e. The van der Waals surface area contributed by atoms with Gasteiger partial charge < -0.3 is 15.1 Å². The summed E-state index contributed by atoms with van der Waals surface area (Å²) < 4.78 is 0. The number of carbonyl (C=O) groups excluding carboxylic acids is 1. The van der Waals surface area contributed by atoms with Crippen LogP contribution in [0.4, 0.5) is 0 Å². The molecule has 1 aromatic heterocycles. The summed E-state index contributed by atoms with van der Waals surface area (Å²) >= 11 is 5.75. The molecule has 106 valence electrons. The maximum absolute atomic E-state index is 12.3. The minimum atomic E-state index is -0.724. The molecule has 0 saturated heterocycles. The lowest BCUT2D eigenvalue weighted by molar-refractivity contribution is 0.0366. The van der Waals surface area contributed by atoms with Crippen molar-refractivity contribution in [2.24, 2.45) is 5.41 Å². The predicted molar refractivity (Wildman–Crippen MR) is 73.2 cm³/mol. The number of carbonyl (C=O) groups is 1. The normalized spacial score (nSPS) is 11.5. The summed E-state index contributed by atoms with van der Waals surface area (Å²) in [6.45, 7) is 3.28. The molecule has 0 saturated carbocycles. The molecule has 19 heavy (non-hydrogen) atoms. The molecule has 0 spiro atoms. The van der Waals surface area contributed by atoms with Crippen LogP contribution >= 0.6 is 11.6 Å². The Balaban J connectivity index is 2.88. The highest BCUT2D eigenvalue weighted by Crippen LogP contribution is 2.18. The number of hydrogen-bond acceptors (Lipinski definition) is 4. The van der Waals surface area contributed by atoms with Crippen LogP contribution in [-0.4, -0.2) is 52.8 Å². The van der Waals surface area contributed by atoms with Gasteiger partial charge in [0.2, 0.25) is 0 Å². The van der Waals surface area contributed by atoms with Crippen LogP contribution < -0.4 is 0 Å². The summed E-state index contributed by atoms with van der Waals surface area (Å²) in [5.74, 6) is -0.213. The first-order valence-corrected chi connectivity index (χ1v) is 6.31. The number of halogens is 1. The summed E-state index contributed by atoms with van der Waals surface area (Å²) in [4.78, 5) is 17.8. The number of aliphatic hydroxyl groups is 2. The minimum absolute atomic E-state index is 0.195. The third-order valence-electron chi connectivity index (χ3n) is 3.01. The standard InChI is InChI=1S/C13H19ClN2O3/c1-9-10(4-5-11(14)15-9)12(19)16(3)6-13(2,7-17)8-18/h4-5,17-18H,6-8H2,1-3H3. The van der Waals surface area contributed by atoms with E-state index >= 15 is 0 Å². The molecule has 5 nitrogen and oxygen atoms in total. The lowest BCUT2D eigenvalue weighted by Crippen LogP contribution is -2.41. The molecule has 1 amide bonds. The van der Waals surface area contributed by atoms with Gasteiger partial charge in [-0.15, -0.1) is 0 Å². The van der Waals surface area contributed by atoms with Crippen LogP contribution in [0.2, 0.25) is 5.15 Å². The summed E-state index contributed by atoms with van der Waals surface area (Å²) in [5.41, 5.74) is 0.294. The second-order valence-corrected chi connectivity index (χ2v) is 5.44. The molecule has 0 fully saturated rings. The van der Waals surface area contributed by atoms with Gasteiger partial charge in [0.05, 0.1) is 24.5 Å². The van der Waals surface area contributed by atoms with Crippen molar-refractivity contribution in [3.8, 4) is 0 Å². The minimum Gasteiger partial charge on any atom is -0.396 e. The van der Waals surface area contributed by atoms with Crippen molar-refractivity contribution < 1.29 is 15.0 Å². The first-order chi connectivity index (χ1) is 8.83. The highest BCUT2D eigenvalue weighted by molar-refractivity contribution is 6.29. The van der Waals surface area contributed by atoms with E-state index in [1.165, 1.54) is 4.90 Å². The van der Waals surface area contributed by atoms with E-state index < -0.39 is 5.41 Å². The Morgan fingerprint density at radius 3 is 2.47 bits per heavy atom. The van der Waals surface area contributed by atoms with Crippen molar-refractivity contribution in [3.05, 3.63) is 28.5 Å². The van der Waals surface area contributed by atoms with Crippen LogP contribution in [0, 0.1) is 12.3 Å². The van der Waals surface area contributed by atoms with Gasteiger partial charge in [-0.1, -0.05) is 18.5 Å². The van der Waals surface area contributed by atoms with E-state index in [9.17, 15) is 15.0 Å². The number of rotatable bonds is 5. The Morgan fingerprint density at radius 2 is 2.00 bits per heavy atom. The van der Waals surface area contributed by atoms with E-state index in [4.69, 9.17) is 11.6 Å². The van der Waals surface area contributed by atoms with Gasteiger partial charge in [-0.25, -0.2) is 4.98 Å². The molecule has 1 heterocycles. The SMILES string of the molecule is Cc1nc(Cl)ccc1C(=O)N(C)CC(C)(CO)CO. The second-order valence-electron chi connectivity index (χ2n) is 5.06. The van der Waals surface area contributed by atoms with Crippen molar-refractivity contribution in [3.63, 3.8) is 0 Å². The highest BCUT2D eigenvalue weighted by Gasteiger charge is 2.27. The van der Waals surface area contributed by atoms with Crippen LogP contribution in [0.3, 0.4) is 0 Å². The maximum atomic E-state index is 12.3. The van der Waals surface area contributed by atoms with Crippen molar-refractivity contribution in [2.45, 2.75) is 13.8 Å². The van der Waals surface area contributed by atoms with Crippen LogP contribution in [0.25, 0.3) is 0 Å². The third-order valence-corrected chi connectivity index (χ3v) is 3.22. The first-order valence-electron chi connectivity index (χ1n) is 5.93. The van der Waals surface area contributed by atoms with Crippen molar-refractivity contribution in [2.75, 3.05) is 26.8 Å². The zero-order chi connectivity index (χ0) is 14.6. The molecule has 2 N–H and O–H groups in total. The first kappa shape index (κ1) is 15.9. The topological polar surface area (TPSA) is 73.7 Å². The number of pyridine rings is 1. The van der Waals surface area contributed by atoms with E-state index in [1.807, 2.05) is 0 Å². The van der Waals surface area contributed by atoms with Crippen LogP contribution in [-0.2, 0) is 0 Å². The molecular weight excluding hydrogens is 268 g/mol. The lowest BCUT2D eigenvalue weighted by atomic mass is 9.92. The summed E-state index contributed by atoms with van der Waals surface area (Å²) in [6.07, 6.45) is 0. The number of nitrogens with zero attached hydrogens (tertiary/aromatic N) is 2. The fourth-order valence-electron chi connectivity index (χ4n) is 1.76. The molecule has 0 bridgehead atoms. The van der Waals surface area contributed by atoms with Gasteiger partial charge in [0.1, 0.15) is 5.15 Å². The fraction of sp³-hybridized carbons (Fsp3) is 0.538. The molecule has 1 rings (SSSR count). The molecule has 6 heteroatoms. The monoisotopic (exact) mass is 286 g/mol. The molecule has 0 atom stereocenters. The number of aryl methyl sites for hydroxylation is 1. The van der Waals surface area contributed by atoms with Crippen molar-refractivity contribution in [1.29, 1.82) is 0 Å². The fourth-order valence-corrected chi connectivity index (χ4v) is 1.95. The van der Waals surface area contributed by atoms with Gasteiger partial charge in [-0.05, 0) is 19.1 Å². The largest absolute Gasteiger partial charge is 0.396 e. The molecule has 0 aliphatic carbocycles. The van der Waals surface area contributed by atoms with Crippen LogP contribution in [0.5, 0.6) is 0 Å². The average Bonchev–Trinajstić information content (AvgIpc) is 2.37. The zero-order valence-electron chi connectivity index (χ0n) is 11.4. The summed E-state index contributed by atoms with van der Waals surface area (Å²) in [5, 5.41) is 18.8. The smallest absolute Gasteiger partial charge is 0.255 e. The van der Waals surface area contributed by atoms with E-state index in [0.717, 1.165) is 0 Å². The second kappa shape index (κ2) is 6.32. The average molecular weight is 287 g/mol. The Labute approximate surface area is 117 Å². The van der Waals surface area contributed by atoms with Gasteiger partial charge >= 0.3 is 0 Å². The molecule has 0 aromatic carbocycles. The number of hydrogen-bond donors (Lipinski definition) is 2. The molecular formula is C13H19ClN2O3. The van der Waals surface area contributed by atoms with Gasteiger partial charge in [-0.2, -0.15) is 0 Å². The highest BCUT2D eigenvalue weighted by atomic mass is 35.5. The van der Waals surface area contributed by atoms with Crippen LogP contribution in [0.15, 0.2) is 12.1 Å². The van der Waals surface area contributed by atoms with Gasteiger partial charge in [-0.3, -0.25) is 4.79 Å². The molecule has 0 radical (unpaired) electrons. The Bertz CT molecular complexity index is 461. The summed E-state index contributed by atoms with van der Waals surface area (Å²) in [7, 11) is 1.62. The lowest BCUT2D eigenvalue weighted by Gasteiger charge is -2.30. The van der Waals surface area contributed by atoms with E-state index in [1.54, 1.807) is 33.0 Å². The Kier molecular flexibility index (Phi) is 5.29. The predicted octanol–water partition coefficient (Wildman–Crippen LogP) is 1.11. The van der Waals surface area contributed by atoms with E-state index in [-0.39, 0.29) is 25.7 Å². The van der Waals surface area contributed by atoms with Gasteiger partial charge in [0.15, 0.2) is 0 Å². The van der Waals surface area contributed by atoms with E-state index in [0.29, 0.717) is 16.4 Å². The zero-order valence-corrected chi connectivity index (χ0v) is 12.1. The molecule has 0 aliphatic rings. The number of aliphatic hydroxyl groups excluding tert-OH is 2. The Hall–Kier alpha value is -1.17. The van der Waals surface area contributed by atoms with Crippen molar-refractivity contribution >= 4 is 17.5 Å². The quantitative estimate of drug-likeness (QED) is 0.795.